The van der Waals surface area contributed by atoms with Crippen LogP contribution in [0.5, 0.6) is 0 Å². The number of anilines is 1. The van der Waals surface area contributed by atoms with Gasteiger partial charge in [-0.15, -0.1) is 0 Å². The minimum atomic E-state index is -4.29. The Balaban J connectivity index is 2.19. The van der Waals surface area contributed by atoms with Crippen LogP contribution >= 0.6 is 0 Å². The number of nitro benzene ring substituents is 1. The minimum absolute atomic E-state index is 0.0649. The molecule has 0 saturated heterocycles. The highest BCUT2D eigenvalue weighted by atomic mass is 32.2. The zero-order valence-electron chi connectivity index (χ0n) is 14.3. The Labute approximate surface area is 156 Å². The maximum Gasteiger partial charge on any atom is 0.294 e. The summed E-state index contributed by atoms with van der Waals surface area (Å²) >= 11 is 0. The third-order valence-electron chi connectivity index (χ3n) is 4.10. The lowest BCUT2D eigenvalue weighted by Crippen LogP contribution is -2.20. The van der Waals surface area contributed by atoms with E-state index in [1.165, 1.54) is 37.3 Å². The van der Waals surface area contributed by atoms with Crippen LogP contribution < -0.4 is 5.73 Å². The highest BCUT2D eigenvalue weighted by molar-refractivity contribution is 7.92. The van der Waals surface area contributed by atoms with Crippen molar-refractivity contribution in [2.45, 2.75) is 34.8 Å². The molecule has 0 aromatic heterocycles. The van der Waals surface area contributed by atoms with Crippen LogP contribution in [0.2, 0.25) is 0 Å². The summed E-state index contributed by atoms with van der Waals surface area (Å²) in [5, 5.41) is 10.0. The van der Waals surface area contributed by atoms with Crippen molar-refractivity contribution in [3.8, 4) is 0 Å². The van der Waals surface area contributed by atoms with Crippen molar-refractivity contribution >= 4 is 31.3 Å². The van der Waals surface area contributed by atoms with E-state index in [9.17, 15) is 26.9 Å². The highest BCUT2D eigenvalue weighted by Crippen LogP contribution is 2.28. The summed E-state index contributed by atoms with van der Waals surface area (Å²) in [6, 6.07) is 8.67. The molecule has 0 aliphatic heterocycles. The lowest BCUT2D eigenvalue weighted by atomic mass is 10.1. The third kappa shape index (κ3) is 4.81. The van der Waals surface area contributed by atoms with Crippen LogP contribution in [-0.4, -0.2) is 31.6 Å². The van der Waals surface area contributed by atoms with Gasteiger partial charge in [-0.25, -0.2) is 8.42 Å². The Morgan fingerprint density at radius 2 is 1.70 bits per heavy atom. The van der Waals surface area contributed by atoms with E-state index in [4.69, 9.17) is 10.3 Å². The summed E-state index contributed by atoms with van der Waals surface area (Å²) < 4.78 is 56.4. The molecule has 27 heavy (non-hydrogen) atoms. The topological polar surface area (TPSA) is 158 Å². The number of aryl methyl sites for hydroxylation is 1. The van der Waals surface area contributed by atoms with Crippen LogP contribution in [0.1, 0.15) is 18.9 Å². The van der Waals surface area contributed by atoms with E-state index in [0.717, 1.165) is 12.1 Å². The van der Waals surface area contributed by atoms with Gasteiger partial charge in [-0.1, -0.05) is 12.1 Å². The summed E-state index contributed by atoms with van der Waals surface area (Å²) in [4.78, 5) is 9.65. The van der Waals surface area contributed by atoms with Crippen LogP contribution in [0.25, 0.3) is 0 Å². The predicted molar refractivity (Wildman–Crippen MR) is 98.7 cm³/mol. The zero-order chi connectivity index (χ0) is 20.4. The average Bonchev–Trinajstić information content (AvgIpc) is 2.59. The van der Waals surface area contributed by atoms with Gasteiger partial charge in [-0.2, -0.15) is 8.42 Å². The van der Waals surface area contributed by atoms with E-state index in [-0.39, 0.29) is 27.6 Å². The molecule has 0 radical (unpaired) electrons. The predicted octanol–water partition coefficient (Wildman–Crippen LogP) is 2.22. The van der Waals surface area contributed by atoms with E-state index in [0.29, 0.717) is 12.0 Å². The molecule has 2 aromatic carbocycles. The molecule has 0 aliphatic rings. The van der Waals surface area contributed by atoms with Crippen molar-refractivity contribution < 1.29 is 26.3 Å². The van der Waals surface area contributed by atoms with E-state index >= 15 is 0 Å². The summed E-state index contributed by atoms with van der Waals surface area (Å²) in [5.74, 6) is 0. The second kappa shape index (κ2) is 7.62. The van der Waals surface area contributed by atoms with Gasteiger partial charge < -0.3 is 5.73 Å². The van der Waals surface area contributed by atoms with Gasteiger partial charge >= 0.3 is 0 Å². The SMILES string of the molecule is CC(CCc1ccc(S(=O)(=O)O)cc1)S(=O)(=O)c1cc([N+](=O)[O-])ccc1N. The molecule has 0 amide bonds. The first-order valence-electron chi connectivity index (χ1n) is 7.77. The van der Waals surface area contributed by atoms with Gasteiger partial charge in [0.1, 0.15) is 0 Å². The van der Waals surface area contributed by atoms with Gasteiger partial charge in [-0.3, -0.25) is 14.7 Å². The Hall–Kier alpha value is -2.50. The van der Waals surface area contributed by atoms with E-state index in [1.807, 2.05) is 0 Å². The molecular weight excluding hydrogens is 396 g/mol. The molecule has 2 aromatic rings. The first kappa shape index (κ1) is 20.8. The van der Waals surface area contributed by atoms with Crippen LogP contribution in [0.4, 0.5) is 11.4 Å². The Morgan fingerprint density at radius 3 is 2.22 bits per heavy atom. The van der Waals surface area contributed by atoms with Crippen molar-refractivity contribution in [2.75, 3.05) is 5.73 Å². The molecule has 0 aliphatic carbocycles. The van der Waals surface area contributed by atoms with Crippen LogP contribution in [0.15, 0.2) is 52.3 Å². The monoisotopic (exact) mass is 414 g/mol. The first-order chi connectivity index (χ1) is 12.4. The lowest BCUT2D eigenvalue weighted by Gasteiger charge is -2.14. The first-order valence-corrected chi connectivity index (χ1v) is 10.8. The van der Waals surface area contributed by atoms with Crippen LogP contribution in [0, 0.1) is 10.1 Å². The number of nitrogen functional groups attached to an aromatic ring is 1. The Bertz CT molecular complexity index is 1060. The molecule has 2 rings (SSSR count). The molecule has 146 valence electrons. The van der Waals surface area contributed by atoms with Gasteiger partial charge in [-0.05, 0) is 43.5 Å². The van der Waals surface area contributed by atoms with Gasteiger partial charge in [0.15, 0.2) is 9.84 Å². The Kier molecular flexibility index (Phi) is 5.88. The second-order valence-electron chi connectivity index (χ2n) is 5.99. The number of non-ortho nitro benzene ring substituents is 1. The van der Waals surface area contributed by atoms with Crippen molar-refractivity contribution in [2.24, 2.45) is 0 Å². The normalized spacial score (nSPS) is 13.3. The summed E-state index contributed by atoms with van der Waals surface area (Å²) in [6.07, 6.45) is 0.511. The fourth-order valence-electron chi connectivity index (χ4n) is 2.45. The largest absolute Gasteiger partial charge is 0.398 e. The number of hydrogen-bond acceptors (Lipinski definition) is 7. The number of hydrogen-bond donors (Lipinski definition) is 2. The van der Waals surface area contributed by atoms with Crippen molar-refractivity contribution in [3.63, 3.8) is 0 Å². The van der Waals surface area contributed by atoms with E-state index in [1.54, 1.807) is 0 Å². The molecule has 0 bridgehead atoms. The molecule has 0 heterocycles. The number of benzene rings is 2. The van der Waals surface area contributed by atoms with Crippen LogP contribution in [-0.2, 0) is 26.4 Å². The molecular formula is C16H18N2O7S2. The summed E-state index contributed by atoms with van der Waals surface area (Å²) in [7, 11) is -8.18. The van der Waals surface area contributed by atoms with Gasteiger partial charge in [0.05, 0.1) is 25.7 Å². The van der Waals surface area contributed by atoms with E-state index < -0.39 is 30.1 Å². The zero-order valence-corrected chi connectivity index (χ0v) is 15.9. The maximum atomic E-state index is 12.7. The lowest BCUT2D eigenvalue weighted by molar-refractivity contribution is -0.385. The smallest absolute Gasteiger partial charge is 0.294 e. The summed E-state index contributed by atoms with van der Waals surface area (Å²) in [6.45, 7) is 1.47. The molecule has 0 spiro atoms. The van der Waals surface area contributed by atoms with Crippen LogP contribution in [0.3, 0.4) is 0 Å². The molecule has 11 heteroatoms. The molecule has 9 nitrogen and oxygen atoms in total. The molecule has 0 fully saturated rings. The van der Waals surface area contributed by atoms with Gasteiger partial charge in [0, 0.05) is 12.1 Å². The average molecular weight is 414 g/mol. The summed E-state index contributed by atoms with van der Waals surface area (Å²) in [5.41, 5.74) is 5.94. The number of nitrogens with zero attached hydrogens (tertiary/aromatic N) is 1. The number of nitro groups is 1. The maximum absolute atomic E-state index is 12.7. The highest BCUT2D eigenvalue weighted by Gasteiger charge is 2.27. The van der Waals surface area contributed by atoms with Crippen molar-refractivity contribution in [1.29, 1.82) is 0 Å². The molecule has 1 unspecified atom stereocenters. The second-order valence-corrected chi connectivity index (χ2v) is 9.75. The Morgan fingerprint density at radius 1 is 1.11 bits per heavy atom. The quantitative estimate of drug-likeness (QED) is 0.302. The minimum Gasteiger partial charge on any atom is -0.398 e. The van der Waals surface area contributed by atoms with Gasteiger partial charge in [0.2, 0.25) is 0 Å². The fraction of sp³-hybridized carbons (Fsp3) is 0.250. The number of rotatable bonds is 7. The molecule has 3 N–H and O–H groups in total. The van der Waals surface area contributed by atoms with Crippen molar-refractivity contribution in [1.82, 2.24) is 0 Å². The fourth-order valence-corrected chi connectivity index (χ4v) is 4.48. The third-order valence-corrected chi connectivity index (χ3v) is 7.23. The molecule has 0 saturated carbocycles. The van der Waals surface area contributed by atoms with Gasteiger partial charge in [0.25, 0.3) is 15.8 Å². The van der Waals surface area contributed by atoms with E-state index in [2.05, 4.69) is 0 Å². The number of sulfone groups is 1. The standard InChI is InChI=1S/C16H18N2O7S2/c1-11(2-3-12-4-7-14(8-5-12)27(23,24)25)26(21,22)16-10-13(18(19)20)6-9-15(16)17/h4-11H,2-3,17H2,1H3,(H,23,24,25). The van der Waals surface area contributed by atoms with Crippen molar-refractivity contribution in [3.05, 3.63) is 58.1 Å². The number of nitrogens with two attached hydrogens (primary N) is 1. The molecule has 1 atom stereocenters.